The van der Waals surface area contributed by atoms with Crippen molar-refractivity contribution in [3.63, 3.8) is 0 Å². The molecule has 1 aliphatic carbocycles. The van der Waals surface area contributed by atoms with Crippen molar-refractivity contribution in [1.29, 1.82) is 0 Å². The van der Waals surface area contributed by atoms with Gasteiger partial charge in [0.15, 0.2) is 0 Å². The Morgan fingerprint density at radius 3 is 1.34 bits per heavy atom. The van der Waals surface area contributed by atoms with Crippen molar-refractivity contribution in [3.8, 4) is 22.3 Å². The summed E-state index contributed by atoms with van der Waals surface area (Å²) < 4.78 is 2.80. The molecule has 6 aromatic rings. The molecule has 2 aromatic heterocycles. The molecule has 2 heteroatoms. The van der Waals surface area contributed by atoms with Gasteiger partial charge in [-0.25, -0.2) is 0 Å². The van der Waals surface area contributed by atoms with Gasteiger partial charge in [-0.3, -0.25) is 0 Å². The third kappa shape index (κ3) is 2.87. The largest absolute Gasteiger partial charge is 0.140 e. The predicted octanol–water partition coefficient (Wildman–Crippen LogP) is 8.95. The fourth-order valence-corrected chi connectivity index (χ4v) is 7.24. The maximum absolute atomic E-state index is 2.42. The molecule has 0 unspecified atom stereocenters. The first-order chi connectivity index (χ1) is 15.8. The molecule has 1 aliphatic rings. The summed E-state index contributed by atoms with van der Waals surface area (Å²) in [5.41, 5.74) is 8.50. The lowest BCUT2D eigenvalue weighted by Crippen LogP contribution is -1.99. The zero-order valence-corrected chi connectivity index (χ0v) is 19.1. The summed E-state index contributed by atoms with van der Waals surface area (Å²) in [6.45, 7) is 0. The van der Waals surface area contributed by atoms with Crippen LogP contribution in [0.5, 0.6) is 0 Å². The maximum Gasteiger partial charge on any atom is 0.0352 e. The quantitative estimate of drug-likeness (QED) is 0.254. The third-order valence-electron chi connectivity index (χ3n) is 6.48. The van der Waals surface area contributed by atoms with Crippen molar-refractivity contribution >= 4 is 42.8 Å². The third-order valence-corrected chi connectivity index (χ3v) is 8.69. The zero-order valence-electron chi connectivity index (χ0n) is 17.5. The summed E-state index contributed by atoms with van der Waals surface area (Å²) in [6, 6.07) is 35.8. The van der Waals surface area contributed by atoms with Crippen molar-refractivity contribution in [2.45, 2.75) is 12.8 Å². The molecule has 2 heterocycles. The van der Waals surface area contributed by atoms with Crippen molar-refractivity contribution in [1.82, 2.24) is 0 Å². The number of benzene rings is 4. The number of rotatable bonds is 4. The van der Waals surface area contributed by atoms with E-state index in [1.165, 1.54) is 63.3 Å². The molecule has 7 rings (SSSR count). The van der Waals surface area contributed by atoms with Crippen LogP contribution in [0.25, 0.3) is 42.4 Å². The second-order valence-electron chi connectivity index (χ2n) is 8.55. The van der Waals surface area contributed by atoms with Gasteiger partial charge in [0.25, 0.3) is 0 Å². The van der Waals surface area contributed by atoms with Crippen LogP contribution in [-0.4, -0.2) is 0 Å². The highest BCUT2D eigenvalue weighted by Crippen LogP contribution is 2.55. The molecule has 0 amide bonds. The standard InChI is InChI=1S/C30H20S2/c1-3-7-19(8-4-1)15-21-17-25-27(31-21)13-11-23-29(25)24-12-14-28-26(30(23)24)18-22(32-28)16-20-9-5-2-6-10-20/h1-14,17-18H,15-16H2. The average Bonchev–Trinajstić information content (AvgIpc) is 3.39. The molecular weight excluding hydrogens is 424 g/mol. The fraction of sp³-hybridized carbons (Fsp3) is 0.0667. The minimum Gasteiger partial charge on any atom is -0.140 e. The number of hydrogen-bond acceptors (Lipinski definition) is 2. The SMILES string of the molecule is c1ccc(Cc2cc3c4c(ccc3s2)-c2c-4ccc3sc(Cc4ccccc4)cc23)cc1. The van der Waals surface area contributed by atoms with Gasteiger partial charge in [-0.1, -0.05) is 72.8 Å². The van der Waals surface area contributed by atoms with E-state index >= 15 is 0 Å². The Balaban J connectivity index is 1.29. The Bertz CT molecular complexity index is 1460. The van der Waals surface area contributed by atoms with Crippen LogP contribution in [0.4, 0.5) is 0 Å². The number of thiophene rings is 2. The van der Waals surface area contributed by atoms with Gasteiger partial charge in [0, 0.05) is 42.8 Å². The predicted molar refractivity (Wildman–Crippen MR) is 140 cm³/mol. The Labute approximate surface area is 195 Å². The van der Waals surface area contributed by atoms with Crippen LogP contribution in [0.3, 0.4) is 0 Å². The first-order valence-corrected chi connectivity index (χ1v) is 12.7. The summed E-state index contributed by atoms with van der Waals surface area (Å²) >= 11 is 3.87. The molecule has 0 aliphatic heterocycles. The molecule has 0 saturated heterocycles. The van der Waals surface area contributed by atoms with E-state index in [0.29, 0.717) is 0 Å². The fourth-order valence-electron chi connectivity index (χ4n) is 5.03. The van der Waals surface area contributed by atoms with Gasteiger partial charge >= 0.3 is 0 Å². The van der Waals surface area contributed by atoms with E-state index < -0.39 is 0 Å². The minimum atomic E-state index is 1.01. The van der Waals surface area contributed by atoms with Gasteiger partial charge in [0.1, 0.15) is 0 Å². The molecule has 152 valence electrons. The topological polar surface area (TPSA) is 0 Å². The van der Waals surface area contributed by atoms with Crippen LogP contribution in [0.15, 0.2) is 97.1 Å². The van der Waals surface area contributed by atoms with E-state index in [2.05, 4.69) is 97.1 Å². The molecule has 0 radical (unpaired) electrons. The molecule has 32 heavy (non-hydrogen) atoms. The molecule has 0 bridgehead atoms. The number of hydrogen-bond donors (Lipinski definition) is 0. The lowest BCUT2D eigenvalue weighted by Gasteiger charge is -2.25. The van der Waals surface area contributed by atoms with E-state index in [9.17, 15) is 0 Å². The van der Waals surface area contributed by atoms with E-state index in [1.807, 2.05) is 22.7 Å². The Morgan fingerprint density at radius 1 is 0.469 bits per heavy atom. The smallest absolute Gasteiger partial charge is 0.0352 e. The second kappa shape index (κ2) is 7.16. The van der Waals surface area contributed by atoms with Crippen molar-refractivity contribution in [2.75, 3.05) is 0 Å². The van der Waals surface area contributed by atoms with E-state index in [-0.39, 0.29) is 0 Å². The van der Waals surface area contributed by atoms with E-state index in [1.54, 1.807) is 0 Å². The van der Waals surface area contributed by atoms with Crippen LogP contribution in [-0.2, 0) is 12.8 Å². The maximum atomic E-state index is 2.42. The Kier molecular flexibility index (Phi) is 4.11. The minimum absolute atomic E-state index is 1.01. The lowest BCUT2D eigenvalue weighted by molar-refractivity contribution is 1.24. The summed E-state index contributed by atoms with van der Waals surface area (Å²) in [7, 11) is 0. The summed E-state index contributed by atoms with van der Waals surface area (Å²) in [6.07, 6.45) is 2.02. The first-order valence-electron chi connectivity index (χ1n) is 11.0. The molecule has 0 nitrogen and oxygen atoms in total. The van der Waals surface area contributed by atoms with Crippen LogP contribution >= 0.6 is 22.7 Å². The van der Waals surface area contributed by atoms with Gasteiger partial charge < -0.3 is 0 Å². The number of fused-ring (bicyclic) bond motifs is 8. The van der Waals surface area contributed by atoms with Crippen molar-refractivity contribution in [2.24, 2.45) is 0 Å². The van der Waals surface area contributed by atoms with E-state index in [0.717, 1.165) is 12.8 Å². The van der Waals surface area contributed by atoms with Crippen LogP contribution < -0.4 is 0 Å². The van der Waals surface area contributed by atoms with Gasteiger partial charge in [-0.15, -0.1) is 22.7 Å². The molecule has 0 saturated carbocycles. The summed E-state index contributed by atoms with van der Waals surface area (Å²) in [5, 5.41) is 2.84. The highest BCUT2D eigenvalue weighted by Gasteiger charge is 2.28. The highest BCUT2D eigenvalue weighted by molar-refractivity contribution is 7.19. The molecular formula is C30H20S2. The monoisotopic (exact) mass is 444 g/mol. The van der Waals surface area contributed by atoms with Crippen LogP contribution in [0, 0.1) is 0 Å². The normalized spacial score (nSPS) is 12.0. The second-order valence-corrected chi connectivity index (χ2v) is 10.9. The van der Waals surface area contributed by atoms with Gasteiger partial charge in [-0.2, -0.15) is 0 Å². The van der Waals surface area contributed by atoms with Crippen LogP contribution in [0.2, 0.25) is 0 Å². The molecule has 0 fully saturated rings. The van der Waals surface area contributed by atoms with Crippen LogP contribution in [0.1, 0.15) is 20.9 Å². The molecule has 4 aromatic carbocycles. The Hall–Kier alpha value is -3.20. The summed E-state index contributed by atoms with van der Waals surface area (Å²) in [4.78, 5) is 2.88. The van der Waals surface area contributed by atoms with Gasteiger partial charge in [-0.05, 0) is 57.6 Å². The van der Waals surface area contributed by atoms with Gasteiger partial charge in [0.2, 0.25) is 0 Å². The van der Waals surface area contributed by atoms with Gasteiger partial charge in [0.05, 0.1) is 0 Å². The van der Waals surface area contributed by atoms with E-state index in [4.69, 9.17) is 0 Å². The molecule has 0 atom stereocenters. The molecule has 0 N–H and O–H groups in total. The highest BCUT2D eigenvalue weighted by atomic mass is 32.1. The average molecular weight is 445 g/mol. The van der Waals surface area contributed by atoms with Crippen molar-refractivity contribution in [3.05, 3.63) is 118 Å². The zero-order chi connectivity index (χ0) is 21.1. The van der Waals surface area contributed by atoms with Crippen molar-refractivity contribution < 1.29 is 0 Å². The first kappa shape index (κ1) is 18.4. The summed E-state index contributed by atoms with van der Waals surface area (Å²) in [5.74, 6) is 0. The molecule has 0 spiro atoms. The lowest BCUT2D eigenvalue weighted by atomic mass is 9.77. The Morgan fingerprint density at radius 2 is 0.906 bits per heavy atom.